The van der Waals surface area contributed by atoms with Gasteiger partial charge in [-0.1, -0.05) is 0 Å². The van der Waals surface area contributed by atoms with Gasteiger partial charge in [0.05, 0.1) is 18.6 Å². The Labute approximate surface area is 47.9 Å². The summed E-state index contributed by atoms with van der Waals surface area (Å²) in [5.74, 6) is 0. The van der Waals surface area contributed by atoms with Gasteiger partial charge in [0.25, 0.3) is 0 Å². The molecular formula is C5H10O3. The first-order valence-electron chi connectivity index (χ1n) is 2.36. The van der Waals surface area contributed by atoms with E-state index in [1.54, 1.807) is 0 Å². The number of carbonyl (C=O) groups is 1. The third kappa shape index (κ3) is 1.60. The van der Waals surface area contributed by atoms with Crippen LogP contribution in [0.1, 0.15) is 6.92 Å². The van der Waals surface area contributed by atoms with Gasteiger partial charge in [-0.05, 0) is 6.92 Å². The summed E-state index contributed by atoms with van der Waals surface area (Å²) in [6, 6.07) is 0. The van der Waals surface area contributed by atoms with Crippen molar-refractivity contribution < 1.29 is 15.0 Å². The lowest BCUT2D eigenvalue weighted by Crippen LogP contribution is -2.27. The van der Waals surface area contributed by atoms with Gasteiger partial charge in [-0.3, -0.25) is 0 Å². The molecule has 0 aliphatic rings. The van der Waals surface area contributed by atoms with Crippen molar-refractivity contribution in [3.63, 3.8) is 0 Å². The van der Waals surface area contributed by atoms with Gasteiger partial charge in [0.2, 0.25) is 0 Å². The molecule has 0 rings (SSSR count). The summed E-state index contributed by atoms with van der Waals surface area (Å²) >= 11 is 0. The maximum absolute atomic E-state index is 9.97. The van der Waals surface area contributed by atoms with Gasteiger partial charge >= 0.3 is 0 Å². The van der Waals surface area contributed by atoms with E-state index in [9.17, 15) is 4.79 Å². The van der Waals surface area contributed by atoms with E-state index < -0.39 is 5.41 Å². The Kier molecular flexibility index (Phi) is 2.65. The first kappa shape index (κ1) is 7.59. The van der Waals surface area contributed by atoms with E-state index in [0.717, 1.165) is 0 Å². The van der Waals surface area contributed by atoms with Crippen molar-refractivity contribution in [2.45, 2.75) is 6.92 Å². The number of carbonyl (C=O) groups excluding carboxylic acids is 1. The van der Waals surface area contributed by atoms with Crippen molar-refractivity contribution in [1.29, 1.82) is 0 Å². The minimum atomic E-state index is -0.944. The van der Waals surface area contributed by atoms with Crippen LogP contribution in [0.4, 0.5) is 0 Å². The van der Waals surface area contributed by atoms with Crippen LogP contribution in [0, 0.1) is 5.41 Å². The average molecular weight is 118 g/mol. The van der Waals surface area contributed by atoms with Crippen molar-refractivity contribution >= 4 is 6.29 Å². The fourth-order valence-corrected chi connectivity index (χ4v) is 0.125. The topological polar surface area (TPSA) is 57.5 Å². The van der Waals surface area contributed by atoms with E-state index >= 15 is 0 Å². The molecule has 0 aliphatic heterocycles. The third-order valence-electron chi connectivity index (χ3n) is 1.01. The number of hydrogen-bond donors (Lipinski definition) is 2. The quantitative estimate of drug-likeness (QED) is 0.476. The molecule has 2 N–H and O–H groups in total. The highest BCUT2D eigenvalue weighted by molar-refractivity contribution is 5.58. The zero-order valence-corrected chi connectivity index (χ0v) is 4.79. The average Bonchev–Trinajstić information content (AvgIpc) is 1.87. The van der Waals surface area contributed by atoms with Gasteiger partial charge in [0.15, 0.2) is 0 Å². The number of rotatable bonds is 3. The largest absolute Gasteiger partial charge is 0.395 e. The number of aldehydes is 1. The van der Waals surface area contributed by atoms with Crippen molar-refractivity contribution in [3.05, 3.63) is 0 Å². The van der Waals surface area contributed by atoms with E-state index in [1.165, 1.54) is 6.92 Å². The second-order valence-corrected chi connectivity index (χ2v) is 2.09. The molecule has 0 saturated carbocycles. The molecule has 0 unspecified atom stereocenters. The molecule has 0 fully saturated rings. The number of aliphatic hydroxyl groups is 2. The lowest BCUT2D eigenvalue weighted by molar-refractivity contribution is -0.119. The van der Waals surface area contributed by atoms with Crippen molar-refractivity contribution in [1.82, 2.24) is 0 Å². The Bertz CT molecular complexity index is 75.7. The second kappa shape index (κ2) is 2.79. The van der Waals surface area contributed by atoms with Crippen LogP contribution in [0.5, 0.6) is 0 Å². The lowest BCUT2D eigenvalue weighted by atomic mass is 9.96. The van der Waals surface area contributed by atoms with Gasteiger partial charge in [0.1, 0.15) is 6.29 Å². The minimum Gasteiger partial charge on any atom is -0.395 e. The molecule has 0 saturated heterocycles. The van der Waals surface area contributed by atoms with Crippen LogP contribution in [0.3, 0.4) is 0 Å². The van der Waals surface area contributed by atoms with Gasteiger partial charge in [-0.15, -0.1) is 0 Å². The van der Waals surface area contributed by atoms with E-state index in [2.05, 4.69) is 0 Å². The SMILES string of the molecule is CC(C=O)(CO)CO. The minimum absolute atomic E-state index is 0.299. The molecule has 0 atom stereocenters. The highest BCUT2D eigenvalue weighted by atomic mass is 16.3. The molecule has 0 amide bonds. The Balaban J connectivity index is 3.76. The van der Waals surface area contributed by atoms with Crippen LogP contribution in [0.2, 0.25) is 0 Å². The van der Waals surface area contributed by atoms with Crippen LogP contribution < -0.4 is 0 Å². The third-order valence-corrected chi connectivity index (χ3v) is 1.01. The van der Waals surface area contributed by atoms with Crippen molar-refractivity contribution in [2.24, 2.45) is 5.41 Å². The van der Waals surface area contributed by atoms with Crippen molar-refractivity contribution in [2.75, 3.05) is 13.2 Å². The Morgan fingerprint density at radius 1 is 1.50 bits per heavy atom. The molecule has 0 aromatic rings. The highest BCUT2D eigenvalue weighted by Crippen LogP contribution is 2.07. The first-order chi connectivity index (χ1) is 3.68. The summed E-state index contributed by atoms with van der Waals surface area (Å²) in [6.45, 7) is 0.889. The Morgan fingerprint density at radius 3 is 1.88 bits per heavy atom. The first-order valence-corrected chi connectivity index (χ1v) is 2.36. The van der Waals surface area contributed by atoms with E-state index in [4.69, 9.17) is 10.2 Å². The van der Waals surface area contributed by atoms with Gasteiger partial charge < -0.3 is 15.0 Å². The Hall–Kier alpha value is -0.410. The normalized spacial score (nSPS) is 11.4. The monoisotopic (exact) mass is 118 g/mol. The molecule has 48 valence electrons. The number of hydrogen-bond acceptors (Lipinski definition) is 3. The maximum Gasteiger partial charge on any atom is 0.130 e. The number of aliphatic hydroxyl groups excluding tert-OH is 2. The molecule has 0 bridgehead atoms. The molecule has 0 spiro atoms. The predicted molar refractivity (Wildman–Crippen MR) is 28.3 cm³/mol. The molecule has 0 aliphatic carbocycles. The zero-order valence-electron chi connectivity index (χ0n) is 4.79. The van der Waals surface area contributed by atoms with E-state index in [-0.39, 0.29) is 13.2 Å². The van der Waals surface area contributed by atoms with Crippen LogP contribution in [-0.2, 0) is 4.79 Å². The lowest BCUT2D eigenvalue weighted by Gasteiger charge is -2.14. The summed E-state index contributed by atoms with van der Waals surface area (Å²) < 4.78 is 0. The maximum atomic E-state index is 9.97. The standard InChI is InChI=1S/C5H10O3/c1-5(2-6,3-7)4-8/h2,7-8H,3-4H2,1H3. The molecule has 8 heavy (non-hydrogen) atoms. The molecule has 0 radical (unpaired) electrons. The molecule has 0 aromatic heterocycles. The summed E-state index contributed by atoms with van der Waals surface area (Å²) in [5.41, 5.74) is -0.944. The molecule has 0 aromatic carbocycles. The van der Waals surface area contributed by atoms with Crippen LogP contribution in [-0.4, -0.2) is 29.7 Å². The summed E-state index contributed by atoms with van der Waals surface area (Å²) in [5, 5.41) is 16.8. The molecular weight excluding hydrogens is 108 g/mol. The smallest absolute Gasteiger partial charge is 0.130 e. The van der Waals surface area contributed by atoms with E-state index in [1.807, 2.05) is 0 Å². The summed E-state index contributed by atoms with van der Waals surface area (Å²) in [7, 11) is 0. The van der Waals surface area contributed by atoms with Crippen LogP contribution >= 0.6 is 0 Å². The zero-order chi connectivity index (χ0) is 6.62. The highest BCUT2D eigenvalue weighted by Gasteiger charge is 2.20. The van der Waals surface area contributed by atoms with Gasteiger partial charge in [-0.25, -0.2) is 0 Å². The predicted octanol–water partition coefficient (Wildman–Crippen LogP) is -0.824. The van der Waals surface area contributed by atoms with Gasteiger partial charge in [-0.2, -0.15) is 0 Å². The molecule has 0 heterocycles. The molecule has 3 heteroatoms. The molecule has 3 nitrogen and oxygen atoms in total. The Morgan fingerprint density at radius 2 is 1.88 bits per heavy atom. The fraction of sp³-hybridized carbons (Fsp3) is 0.800. The van der Waals surface area contributed by atoms with Gasteiger partial charge in [0, 0.05) is 0 Å². The fourth-order valence-electron chi connectivity index (χ4n) is 0.125. The van der Waals surface area contributed by atoms with Crippen LogP contribution in [0.15, 0.2) is 0 Å². The van der Waals surface area contributed by atoms with Crippen molar-refractivity contribution in [3.8, 4) is 0 Å². The summed E-state index contributed by atoms with van der Waals surface area (Å²) in [6.07, 6.45) is 0.549. The van der Waals surface area contributed by atoms with Crippen LogP contribution in [0.25, 0.3) is 0 Å². The second-order valence-electron chi connectivity index (χ2n) is 2.09. The van der Waals surface area contributed by atoms with E-state index in [0.29, 0.717) is 6.29 Å². The summed E-state index contributed by atoms with van der Waals surface area (Å²) in [4.78, 5) is 9.97.